The SMILES string of the molecule is O=C(O)C(Cc1ccc(F)cc1)Cc1ccc(Cl)c(Cl)c1. The van der Waals surface area contributed by atoms with Gasteiger partial charge < -0.3 is 5.11 Å². The first-order chi connectivity index (χ1) is 9.95. The number of hydrogen-bond acceptors (Lipinski definition) is 1. The number of rotatable bonds is 5. The van der Waals surface area contributed by atoms with E-state index in [1.54, 1.807) is 30.3 Å². The first-order valence-electron chi connectivity index (χ1n) is 6.37. The van der Waals surface area contributed by atoms with Gasteiger partial charge in [-0.1, -0.05) is 41.4 Å². The normalized spacial score (nSPS) is 12.1. The fourth-order valence-corrected chi connectivity index (χ4v) is 2.42. The molecule has 0 aliphatic carbocycles. The second-order valence-electron chi connectivity index (χ2n) is 4.82. The van der Waals surface area contributed by atoms with Crippen LogP contribution in [0.1, 0.15) is 11.1 Å². The van der Waals surface area contributed by atoms with Crippen molar-refractivity contribution in [2.45, 2.75) is 12.8 Å². The molecule has 2 rings (SSSR count). The zero-order chi connectivity index (χ0) is 15.4. The second kappa shape index (κ2) is 6.92. The summed E-state index contributed by atoms with van der Waals surface area (Å²) in [7, 11) is 0. The third kappa shape index (κ3) is 4.45. The van der Waals surface area contributed by atoms with Crippen molar-refractivity contribution >= 4 is 29.2 Å². The Hall–Kier alpha value is -1.58. The summed E-state index contributed by atoms with van der Waals surface area (Å²) in [5, 5.41) is 10.2. The number of halogens is 3. The maximum absolute atomic E-state index is 12.9. The minimum absolute atomic E-state index is 0.329. The Balaban J connectivity index is 2.13. The lowest BCUT2D eigenvalue weighted by atomic mass is 9.92. The molecule has 21 heavy (non-hydrogen) atoms. The van der Waals surface area contributed by atoms with Gasteiger partial charge in [-0.3, -0.25) is 4.79 Å². The van der Waals surface area contributed by atoms with Crippen molar-refractivity contribution in [3.8, 4) is 0 Å². The smallest absolute Gasteiger partial charge is 0.307 e. The van der Waals surface area contributed by atoms with Gasteiger partial charge >= 0.3 is 5.97 Å². The van der Waals surface area contributed by atoms with E-state index in [2.05, 4.69) is 0 Å². The Kier molecular flexibility index (Phi) is 5.21. The molecule has 1 N–H and O–H groups in total. The summed E-state index contributed by atoms with van der Waals surface area (Å²) in [4.78, 5) is 11.4. The molecule has 0 saturated heterocycles. The van der Waals surface area contributed by atoms with Crippen LogP contribution < -0.4 is 0 Å². The van der Waals surface area contributed by atoms with Crippen LogP contribution in [0.5, 0.6) is 0 Å². The quantitative estimate of drug-likeness (QED) is 0.870. The summed E-state index contributed by atoms with van der Waals surface area (Å²) in [6.45, 7) is 0. The lowest BCUT2D eigenvalue weighted by Gasteiger charge is -2.13. The van der Waals surface area contributed by atoms with Crippen LogP contribution in [0.2, 0.25) is 10.0 Å². The van der Waals surface area contributed by atoms with E-state index in [0.29, 0.717) is 22.9 Å². The number of carboxylic acids is 1. The van der Waals surface area contributed by atoms with Crippen molar-refractivity contribution in [2.75, 3.05) is 0 Å². The largest absolute Gasteiger partial charge is 0.481 e. The molecular weight excluding hydrogens is 314 g/mol. The molecule has 0 saturated carbocycles. The molecule has 0 spiro atoms. The molecule has 1 unspecified atom stereocenters. The van der Waals surface area contributed by atoms with Gasteiger partial charge in [0.05, 0.1) is 16.0 Å². The Morgan fingerprint density at radius 1 is 1.00 bits per heavy atom. The highest BCUT2D eigenvalue weighted by Crippen LogP contribution is 2.24. The number of benzene rings is 2. The van der Waals surface area contributed by atoms with Gasteiger partial charge in [0.25, 0.3) is 0 Å². The highest BCUT2D eigenvalue weighted by Gasteiger charge is 2.19. The van der Waals surface area contributed by atoms with Gasteiger partial charge in [-0.25, -0.2) is 4.39 Å². The van der Waals surface area contributed by atoms with Crippen LogP contribution in [0, 0.1) is 11.7 Å². The highest BCUT2D eigenvalue weighted by atomic mass is 35.5. The fourth-order valence-electron chi connectivity index (χ4n) is 2.10. The average molecular weight is 327 g/mol. The summed E-state index contributed by atoms with van der Waals surface area (Å²) in [6.07, 6.45) is 0.666. The van der Waals surface area contributed by atoms with Crippen molar-refractivity contribution < 1.29 is 14.3 Å². The van der Waals surface area contributed by atoms with Gasteiger partial charge in [0.2, 0.25) is 0 Å². The standard InChI is InChI=1S/C16H13Cl2FO2/c17-14-6-3-11(9-15(14)18)8-12(16(20)21)7-10-1-4-13(19)5-2-10/h1-6,9,12H,7-8H2,(H,20,21). The first-order valence-corrected chi connectivity index (χ1v) is 7.12. The molecule has 0 bridgehead atoms. The maximum Gasteiger partial charge on any atom is 0.307 e. The van der Waals surface area contributed by atoms with Crippen molar-refractivity contribution in [1.82, 2.24) is 0 Å². The number of carbonyl (C=O) groups is 1. The van der Waals surface area contributed by atoms with E-state index >= 15 is 0 Å². The minimum atomic E-state index is -0.898. The van der Waals surface area contributed by atoms with E-state index in [9.17, 15) is 14.3 Å². The van der Waals surface area contributed by atoms with E-state index in [1.165, 1.54) is 12.1 Å². The molecule has 0 aliphatic heterocycles. The lowest BCUT2D eigenvalue weighted by molar-refractivity contribution is -0.141. The van der Waals surface area contributed by atoms with Crippen LogP contribution in [0.15, 0.2) is 42.5 Å². The van der Waals surface area contributed by atoms with Crippen LogP contribution in [0.3, 0.4) is 0 Å². The van der Waals surface area contributed by atoms with E-state index in [-0.39, 0.29) is 5.82 Å². The van der Waals surface area contributed by atoms with Gasteiger partial charge in [0, 0.05) is 0 Å². The lowest BCUT2D eigenvalue weighted by Crippen LogP contribution is -2.19. The third-order valence-corrected chi connectivity index (χ3v) is 3.95. The van der Waals surface area contributed by atoms with E-state index in [0.717, 1.165) is 11.1 Å². The van der Waals surface area contributed by atoms with Gasteiger partial charge in [-0.15, -0.1) is 0 Å². The average Bonchev–Trinajstić information content (AvgIpc) is 2.44. The van der Waals surface area contributed by atoms with Crippen molar-refractivity contribution in [3.05, 3.63) is 69.5 Å². The van der Waals surface area contributed by atoms with Gasteiger partial charge in [-0.05, 0) is 48.2 Å². The molecule has 2 nitrogen and oxygen atoms in total. The Bertz CT molecular complexity index is 641. The molecule has 0 aliphatic rings. The molecule has 2 aromatic rings. The van der Waals surface area contributed by atoms with Gasteiger partial charge in [-0.2, -0.15) is 0 Å². The predicted octanol–water partition coefficient (Wildman–Crippen LogP) is 4.62. The summed E-state index contributed by atoms with van der Waals surface area (Å²) in [5.41, 5.74) is 1.59. The van der Waals surface area contributed by atoms with Crippen molar-refractivity contribution in [1.29, 1.82) is 0 Å². The number of aliphatic carboxylic acids is 1. The van der Waals surface area contributed by atoms with Gasteiger partial charge in [0.15, 0.2) is 0 Å². The Morgan fingerprint density at radius 3 is 2.14 bits per heavy atom. The number of carboxylic acid groups (broad SMARTS) is 1. The monoisotopic (exact) mass is 326 g/mol. The molecule has 110 valence electrons. The second-order valence-corrected chi connectivity index (χ2v) is 5.63. The molecular formula is C16H13Cl2FO2. The van der Waals surface area contributed by atoms with Crippen LogP contribution in [-0.2, 0) is 17.6 Å². The van der Waals surface area contributed by atoms with Gasteiger partial charge in [0.1, 0.15) is 5.82 Å². The molecule has 5 heteroatoms. The van der Waals surface area contributed by atoms with Crippen LogP contribution in [0.25, 0.3) is 0 Å². The van der Waals surface area contributed by atoms with Crippen molar-refractivity contribution in [2.24, 2.45) is 5.92 Å². The predicted molar refractivity (Wildman–Crippen MR) is 81.4 cm³/mol. The Labute approximate surface area is 132 Å². The molecule has 0 fully saturated rings. The van der Waals surface area contributed by atoms with E-state index in [4.69, 9.17) is 23.2 Å². The minimum Gasteiger partial charge on any atom is -0.481 e. The molecule has 0 heterocycles. The summed E-state index contributed by atoms with van der Waals surface area (Å²) < 4.78 is 12.9. The molecule has 0 amide bonds. The topological polar surface area (TPSA) is 37.3 Å². The first kappa shape index (κ1) is 15.8. The summed E-state index contributed by atoms with van der Waals surface area (Å²) >= 11 is 11.8. The summed E-state index contributed by atoms with van der Waals surface area (Å²) in [6, 6.07) is 10.9. The third-order valence-electron chi connectivity index (χ3n) is 3.21. The fraction of sp³-hybridized carbons (Fsp3) is 0.188. The molecule has 2 aromatic carbocycles. The molecule has 0 radical (unpaired) electrons. The van der Waals surface area contributed by atoms with E-state index < -0.39 is 11.9 Å². The summed E-state index contributed by atoms with van der Waals surface area (Å²) in [5.74, 6) is -1.84. The van der Waals surface area contributed by atoms with Crippen LogP contribution >= 0.6 is 23.2 Å². The van der Waals surface area contributed by atoms with E-state index in [1.807, 2.05) is 0 Å². The molecule has 1 atom stereocenters. The molecule has 0 aromatic heterocycles. The van der Waals surface area contributed by atoms with Crippen LogP contribution in [0.4, 0.5) is 4.39 Å². The number of hydrogen-bond donors (Lipinski definition) is 1. The maximum atomic E-state index is 12.9. The van der Waals surface area contributed by atoms with Crippen molar-refractivity contribution in [3.63, 3.8) is 0 Å². The Morgan fingerprint density at radius 2 is 1.57 bits per heavy atom. The van der Waals surface area contributed by atoms with Crippen LogP contribution in [-0.4, -0.2) is 11.1 Å². The zero-order valence-corrected chi connectivity index (χ0v) is 12.5. The highest BCUT2D eigenvalue weighted by molar-refractivity contribution is 6.42. The zero-order valence-electron chi connectivity index (χ0n) is 11.0.